The number of nitrogens with zero attached hydrogens (tertiary/aromatic N) is 1. The Morgan fingerprint density at radius 1 is 1.50 bits per heavy atom. The maximum atomic E-state index is 10.5. The van der Waals surface area contributed by atoms with Crippen LogP contribution in [0.1, 0.15) is 12.1 Å². The summed E-state index contributed by atoms with van der Waals surface area (Å²) in [6.45, 7) is 1.96. The third kappa shape index (κ3) is 6.95. The molecule has 1 rings (SSSR count). The molecule has 0 amide bonds. The highest BCUT2D eigenvalue weighted by atomic mass is 32.2. The highest BCUT2D eigenvalue weighted by Gasteiger charge is 2.06. The summed E-state index contributed by atoms with van der Waals surface area (Å²) in [5.74, 6) is 0.0795. The lowest BCUT2D eigenvalue weighted by Crippen LogP contribution is -2.03. The summed E-state index contributed by atoms with van der Waals surface area (Å²) in [5.41, 5.74) is 0.631. The van der Waals surface area contributed by atoms with E-state index in [0.29, 0.717) is 25.5 Å². The molecule has 0 aliphatic heterocycles. The van der Waals surface area contributed by atoms with E-state index in [4.69, 9.17) is 14.6 Å². The molecule has 7 heteroatoms. The number of rotatable bonds is 10. The van der Waals surface area contributed by atoms with Crippen LogP contribution in [0.15, 0.2) is 9.72 Å². The number of hydrogen-bond acceptors (Lipinski definition) is 6. The van der Waals surface area contributed by atoms with E-state index in [9.17, 15) is 4.79 Å². The molecule has 0 aliphatic rings. The first-order chi connectivity index (χ1) is 8.72. The van der Waals surface area contributed by atoms with Gasteiger partial charge in [-0.25, -0.2) is 4.98 Å². The maximum absolute atomic E-state index is 10.5. The van der Waals surface area contributed by atoms with Gasteiger partial charge in [0, 0.05) is 24.8 Å². The number of hydrogen-bond donors (Lipinski definition) is 1. The number of carboxylic acid groups (broad SMARTS) is 1. The van der Waals surface area contributed by atoms with Gasteiger partial charge in [-0.15, -0.1) is 11.3 Å². The summed E-state index contributed by atoms with van der Waals surface area (Å²) >= 11 is 3.13. The number of methoxy groups -OCH3 is 1. The van der Waals surface area contributed by atoms with Crippen LogP contribution in [-0.2, 0) is 20.7 Å². The van der Waals surface area contributed by atoms with Crippen molar-refractivity contribution in [2.45, 2.75) is 17.2 Å². The van der Waals surface area contributed by atoms with Gasteiger partial charge in [-0.2, -0.15) is 0 Å². The van der Waals surface area contributed by atoms with Gasteiger partial charge in [0.25, 0.3) is 0 Å². The highest BCUT2D eigenvalue weighted by Crippen LogP contribution is 2.23. The Morgan fingerprint density at radius 3 is 3.06 bits per heavy atom. The average molecular weight is 291 g/mol. The van der Waals surface area contributed by atoms with Gasteiger partial charge in [-0.3, -0.25) is 4.79 Å². The molecule has 0 spiro atoms. The molecule has 0 unspecified atom stereocenters. The first-order valence-electron chi connectivity index (χ1n) is 5.58. The fourth-order valence-electron chi connectivity index (χ4n) is 1.16. The number of thiazole rings is 1. The van der Waals surface area contributed by atoms with Crippen molar-refractivity contribution in [3.05, 3.63) is 11.1 Å². The van der Waals surface area contributed by atoms with Gasteiger partial charge >= 0.3 is 5.97 Å². The molecule has 0 saturated heterocycles. The van der Waals surface area contributed by atoms with Crippen molar-refractivity contribution >= 4 is 29.1 Å². The summed E-state index contributed by atoms with van der Waals surface area (Å²) in [7, 11) is 1.65. The smallest absolute Gasteiger partial charge is 0.309 e. The Labute approximate surface area is 115 Å². The minimum absolute atomic E-state index is 0.00279. The summed E-state index contributed by atoms with van der Waals surface area (Å²) in [5, 5.41) is 10.4. The second-order valence-electron chi connectivity index (χ2n) is 3.48. The monoisotopic (exact) mass is 291 g/mol. The lowest BCUT2D eigenvalue weighted by atomic mass is 10.3. The minimum Gasteiger partial charge on any atom is -0.481 e. The zero-order valence-electron chi connectivity index (χ0n) is 10.3. The van der Waals surface area contributed by atoms with Crippen molar-refractivity contribution in [2.24, 2.45) is 0 Å². The van der Waals surface area contributed by atoms with E-state index in [1.165, 1.54) is 11.3 Å². The topological polar surface area (TPSA) is 68.7 Å². The van der Waals surface area contributed by atoms with Crippen LogP contribution in [-0.4, -0.2) is 48.7 Å². The summed E-state index contributed by atoms with van der Waals surface area (Å²) in [6.07, 6.45) is 0.944. The lowest BCUT2D eigenvalue weighted by Gasteiger charge is -2.02. The Kier molecular flexibility index (Phi) is 7.99. The van der Waals surface area contributed by atoms with Crippen LogP contribution >= 0.6 is 23.1 Å². The molecule has 0 fully saturated rings. The maximum Gasteiger partial charge on any atom is 0.309 e. The number of aromatic nitrogens is 1. The molecule has 1 aromatic heterocycles. The molecule has 0 bridgehead atoms. The largest absolute Gasteiger partial charge is 0.481 e. The molecule has 1 heterocycles. The number of carbonyl (C=O) groups is 1. The molecule has 0 saturated carbocycles. The van der Waals surface area contributed by atoms with Crippen LogP contribution in [0.3, 0.4) is 0 Å². The first-order valence-corrected chi connectivity index (χ1v) is 7.44. The summed E-state index contributed by atoms with van der Waals surface area (Å²) < 4.78 is 11.1. The second-order valence-corrected chi connectivity index (χ2v) is 5.68. The molecule has 0 atom stereocenters. The molecule has 1 aromatic rings. The van der Waals surface area contributed by atoms with Crippen LogP contribution in [0, 0.1) is 0 Å². The zero-order chi connectivity index (χ0) is 13.2. The molecule has 5 nitrogen and oxygen atoms in total. The van der Waals surface area contributed by atoms with E-state index in [1.54, 1.807) is 24.3 Å². The van der Waals surface area contributed by atoms with Gasteiger partial charge in [0.05, 0.1) is 25.3 Å². The zero-order valence-corrected chi connectivity index (χ0v) is 11.9. The first kappa shape index (κ1) is 15.4. The van der Waals surface area contributed by atoms with E-state index in [2.05, 4.69) is 4.98 Å². The van der Waals surface area contributed by atoms with Crippen LogP contribution in [0.2, 0.25) is 0 Å². The third-order valence-electron chi connectivity index (χ3n) is 1.95. The summed E-state index contributed by atoms with van der Waals surface area (Å²) in [4.78, 5) is 14.7. The number of ether oxygens (including phenoxy) is 2. The highest BCUT2D eigenvalue weighted by molar-refractivity contribution is 8.00. The minimum atomic E-state index is -0.844. The number of thioether (sulfide) groups is 1. The number of carboxylic acids is 1. The fourth-order valence-corrected chi connectivity index (χ4v) is 2.98. The molecule has 0 aliphatic carbocycles. The Morgan fingerprint density at radius 2 is 2.33 bits per heavy atom. The summed E-state index contributed by atoms with van der Waals surface area (Å²) in [6, 6.07) is 0. The van der Waals surface area contributed by atoms with E-state index in [-0.39, 0.29) is 6.42 Å². The molecule has 102 valence electrons. The van der Waals surface area contributed by atoms with Gasteiger partial charge < -0.3 is 14.6 Å². The molecule has 0 aromatic carbocycles. The number of aliphatic carboxylic acids is 1. The van der Waals surface area contributed by atoms with Crippen molar-refractivity contribution in [3.8, 4) is 0 Å². The Hall–Kier alpha value is -0.630. The van der Waals surface area contributed by atoms with Gasteiger partial charge in [0.15, 0.2) is 0 Å². The molecule has 18 heavy (non-hydrogen) atoms. The molecule has 0 radical (unpaired) electrons. The molecular formula is C11H17NO4S2. The van der Waals surface area contributed by atoms with Gasteiger partial charge in [-0.05, 0) is 6.42 Å². The predicted octanol–water partition coefficient (Wildman–Crippen LogP) is 1.92. The van der Waals surface area contributed by atoms with Crippen LogP contribution in [0.5, 0.6) is 0 Å². The van der Waals surface area contributed by atoms with E-state index >= 15 is 0 Å². The second kappa shape index (κ2) is 9.32. The van der Waals surface area contributed by atoms with Crippen LogP contribution in [0.4, 0.5) is 0 Å². The average Bonchev–Trinajstić information content (AvgIpc) is 2.75. The van der Waals surface area contributed by atoms with Gasteiger partial charge in [0.2, 0.25) is 0 Å². The van der Waals surface area contributed by atoms with Crippen molar-refractivity contribution < 1.29 is 19.4 Å². The Bertz CT molecular complexity index is 357. The SMILES string of the molecule is COCCOCCCSc1nc(CC(=O)O)cs1. The van der Waals surface area contributed by atoms with Crippen molar-refractivity contribution in [2.75, 3.05) is 32.7 Å². The standard InChI is InChI=1S/C11H17NO4S2/c1-15-4-5-16-3-2-6-17-11-12-9(8-18-11)7-10(13)14/h8H,2-7H2,1H3,(H,13,14). The molecular weight excluding hydrogens is 274 g/mol. The van der Waals surface area contributed by atoms with Gasteiger partial charge in [-0.1, -0.05) is 11.8 Å². The Balaban J connectivity index is 2.08. The quantitative estimate of drug-likeness (QED) is 0.524. The van der Waals surface area contributed by atoms with Crippen molar-refractivity contribution in [1.82, 2.24) is 4.98 Å². The normalized spacial score (nSPS) is 10.7. The van der Waals surface area contributed by atoms with Crippen molar-refractivity contribution in [3.63, 3.8) is 0 Å². The van der Waals surface area contributed by atoms with E-state index in [0.717, 1.165) is 16.5 Å². The lowest BCUT2D eigenvalue weighted by molar-refractivity contribution is -0.136. The third-order valence-corrected chi connectivity index (χ3v) is 4.11. The van der Waals surface area contributed by atoms with Gasteiger partial charge in [0.1, 0.15) is 4.34 Å². The van der Waals surface area contributed by atoms with Crippen LogP contribution < -0.4 is 0 Å². The predicted molar refractivity (Wildman–Crippen MR) is 71.5 cm³/mol. The van der Waals surface area contributed by atoms with Crippen LogP contribution in [0.25, 0.3) is 0 Å². The van der Waals surface area contributed by atoms with Crippen molar-refractivity contribution in [1.29, 1.82) is 0 Å². The van der Waals surface area contributed by atoms with E-state index in [1.807, 2.05) is 0 Å². The van der Waals surface area contributed by atoms with E-state index < -0.39 is 5.97 Å². The molecule has 1 N–H and O–H groups in total. The fraction of sp³-hybridized carbons (Fsp3) is 0.636.